The van der Waals surface area contributed by atoms with Crippen LogP contribution in [0.1, 0.15) is 0 Å². The molecule has 0 radical (unpaired) electrons. The number of anilines is 1. The monoisotopic (exact) mass is 241 g/mol. The van der Waals surface area contributed by atoms with Gasteiger partial charge in [-0.15, -0.1) is 11.3 Å². The number of halogens is 1. The molecule has 0 aliphatic rings. The van der Waals surface area contributed by atoms with E-state index >= 15 is 0 Å². The van der Waals surface area contributed by atoms with Crippen molar-refractivity contribution in [3.05, 3.63) is 46.8 Å². The van der Waals surface area contributed by atoms with Crippen LogP contribution >= 0.6 is 34.9 Å². The first-order valence-electron chi connectivity index (χ1n) is 4.08. The van der Waals surface area contributed by atoms with E-state index < -0.39 is 0 Å². The Balaban J connectivity index is 1.95. The highest BCUT2D eigenvalue weighted by Crippen LogP contribution is 2.30. The summed E-state index contributed by atoms with van der Waals surface area (Å²) in [5.74, 6) is 0. The molecule has 0 saturated heterocycles. The van der Waals surface area contributed by atoms with Crippen LogP contribution in [0.25, 0.3) is 0 Å². The van der Waals surface area contributed by atoms with Gasteiger partial charge in [0.05, 0.1) is 8.55 Å². The molecule has 72 valence electrons. The average Bonchev–Trinajstić information content (AvgIpc) is 2.63. The number of nitrogens with one attached hydrogen (secondary N) is 1. The highest BCUT2D eigenvalue weighted by atomic mass is 35.5. The van der Waals surface area contributed by atoms with Crippen molar-refractivity contribution < 1.29 is 0 Å². The van der Waals surface area contributed by atoms with Gasteiger partial charge in [-0.1, -0.05) is 29.8 Å². The molecule has 0 bridgehead atoms. The second-order valence-corrected chi connectivity index (χ2v) is 5.45. The predicted octanol–water partition coefficient (Wildman–Crippen LogP) is 4.52. The second-order valence-electron chi connectivity index (χ2n) is 2.63. The van der Waals surface area contributed by atoms with Crippen molar-refractivity contribution in [1.82, 2.24) is 0 Å². The third kappa shape index (κ3) is 2.67. The molecule has 1 aromatic carbocycles. The Bertz CT molecular complexity index is 400. The summed E-state index contributed by atoms with van der Waals surface area (Å²) in [4.78, 5) is 0. The van der Waals surface area contributed by atoms with Crippen LogP contribution in [0.5, 0.6) is 0 Å². The summed E-state index contributed by atoms with van der Waals surface area (Å²) in [5.41, 5.74) is 1.10. The summed E-state index contributed by atoms with van der Waals surface area (Å²) in [6.45, 7) is 0. The summed E-state index contributed by atoms with van der Waals surface area (Å²) in [5, 5.41) is 0. The molecule has 0 aliphatic heterocycles. The maximum Gasteiger partial charge on any atom is 0.0940 e. The predicted molar refractivity (Wildman–Crippen MR) is 65.3 cm³/mol. The molecule has 1 heterocycles. The minimum atomic E-state index is 0.822. The molecule has 14 heavy (non-hydrogen) atoms. The molecule has 0 saturated carbocycles. The summed E-state index contributed by atoms with van der Waals surface area (Å²) in [6.07, 6.45) is 0. The molecule has 0 unspecified atom stereocenters. The topological polar surface area (TPSA) is 12.0 Å². The number of benzene rings is 1. The lowest BCUT2D eigenvalue weighted by atomic mass is 10.3. The Kier molecular flexibility index (Phi) is 3.35. The number of para-hydroxylation sites is 1. The van der Waals surface area contributed by atoms with Crippen LogP contribution in [0.15, 0.2) is 46.7 Å². The van der Waals surface area contributed by atoms with E-state index in [0.717, 1.165) is 10.0 Å². The zero-order valence-corrected chi connectivity index (χ0v) is 9.62. The highest BCUT2D eigenvalue weighted by Gasteiger charge is 1.98. The van der Waals surface area contributed by atoms with E-state index in [2.05, 4.69) is 4.72 Å². The molecule has 0 spiro atoms. The van der Waals surface area contributed by atoms with Crippen LogP contribution in [0.4, 0.5) is 5.69 Å². The lowest BCUT2D eigenvalue weighted by Crippen LogP contribution is -1.82. The maximum atomic E-state index is 5.82. The van der Waals surface area contributed by atoms with E-state index in [1.165, 1.54) is 4.21 Å². The molecule has 1 N–H and O–H groups in total. The van der Waals surface area contributed by atoms with Crippen molar-refractivity contribution in [3.63, 3.8) is 0 Å². The smallest absolute Gasteiger partial charge is 0.0940 e. The molecular formula is C10H8ClNS2. The molecule has 1 aromatic heterocycles. The minimum absolute atomic E-state index is 0.822. The van der Waals surface area contributed by atoms with Gasteiger partial charge < -0.3 is 4.72 Å². The summed E-state index contributed by atoms with van der Waals surface area (Å²) in [7, 11) is 0. The Hall–Kier alpha value is -0.640. The van der Waals surface area contributed by atoms with Crippen molar-refractivity contribution >= 4 is 40.6 Å². The quantitative estimate of drug-likeness (QED) is 0.793. The van der Waals surface area contributed by atoms with Crippen molar-refractivity contribution in [1.29, 1.82) is 0 Å². The van der Waals surface area contributed by atoms with Crippen molar-refractivity contribution in [2.75, 3.05) is 4.72 Å². The largest absolute Gasteiger partial charge is 0.325 e. The molecule has 4 heteroatoms. The molecule has 2 rings (SSSR count). The number of thiophene rings is 1. The van der Waals surface area contributed by atoms with Crippen LogP contribution in [0.3, 0.4) is 0 Å². The molecule has 0 atom stereocenters. The number of rotatable bonds is 3. The second kappa shape index (κ2) is 4.73. The van der Waals surface area contributed by atoms with Crippen LogP contribution in [0.2, 0.25) is 4.34 Å². The van der Waals surface area contributed by atoms with E-state index in [4.69, 9.17) is 11.6 Å². The van der Waals surface area contributed by atoms with E-state index in [-0.39, 0.29) is 0 Å². The normalized spacial score (nSPS) is 10.1. The lowest BCUT2D eigenvalue weighted by Gasteiger charge is -2.01. The van der Waals surface area contributed by atoms with Crippen LogP contribution in [0, 0.1) is 0 Å². The Labute approximate surface area is 96.2 Å². The first-order valence-corrected chi connectivity index (χ1v) is 6.09. The third-order valence-electron chi connectivity index (χ3n) is 1.59. The molecule has 1 nitrogen and oxygen atoms in total. The fourth-order valence-corrected chi connectivity index (χ4v) is 2.93. The summed E-state index contributed by atoms with van der Waals surface area (Å²) >= 11 is 8.97. The third-order valence-corrected chi connectivity index (χ3v) is 3.79. The van der Waals surface area contributed by atoms with Gasteiger partial charge >= 0.3 is 0 Å². The van der Waals surface area contributed by atoms with Crippen LogP contribution in [-0.2, 0) is 0 Å². The van der Waals surface area contributed by atoms with Gasteiger partial charge in [0.15, 0.2) is 0 Å². The molecule has 0 amide bonds. The fraction of sp³-hybridized carbons (Fsp3) is 0. The zero-order valence-electron chi connectivity index (χ0n) is 7.24. The average molecular weight is 242 g/mol. The fourth-order valence-electron chi connectivity index (χ4n) is 0.968. The number of hydrogen-bond donors (Lipinski definition) is 1. The highest BCUT2D eigenvalue weighted by molar-refractivity contribution is 8.02. The van der Waals surface area contributed by atoms with Gasteiger partial charge in [-0.05, 0) is 36.2 Å². The SMILES string of the molecule is Clc1ccc(SNc2ccccc2)s1. The van der Waals surface area contributed by atoms with Gasteiger partial charge in [0.1, 0.15) is 0 Å². The maximum absolute atomic E-state index is 5.82. The van der Waals surface area contributed by atoms with Gasteiger partial charge in [-0.2, -0.15) is 0 Å². The Morgan fingerprint density at radius 2 is 1.86 bits per heavy atom. The van der Waals surface area contributed by atoms with Crippen LogP contribution < -0.4 is 4.72 Å². The van der Waals surface area contributed by atoms with E-state index in [0.29, 0.717) is 0 Å². The van der Waals surface area contributed by atoms with Gasteiger partial charge in [0.2, 0.25) is 0 Å². The Morgan fingerprint density at radius 3 is 2.50 bits per heavy atom. The van der Waals surface area contributed by atoms with Crippen LogP contribution in [-0.4, -0.2) is 0 Å². The van der Waals surface area contributed by atoms with Gasteiger partial charge in [0, 0.05) is 5.69 Å². The Morgan fingerprint density at radius 1 is 1.07 bits per heavy atom. The van der Waals surface area contributed by atoms with E-state index in [1.54, 1.807) is 23.3 Å². The molecule has 2 aromatic rings. The van der Waals surface area contributed by atoms with Crippen molar-refractivity contribution in [3.8, 4) is 0 Å². The summed E-state index contributed by atoms with van der Waals surface area (Å²) in [6, 6.07) is 14.0. The zero-order chi connectivity index (χ0) is 9.80. The molecule has 0 aliphatic carbocycles. The minimum Gasteiger partial charge on any atom is -0.325 e. The lowest BCUT2D eigenvalue weighted by molar-refractivity contribution is 1.66. The summed E-state index contributed by atoms with van der Waals surface area (Å²) < 4.78 is 5.23. The first kappa shape index (κ1) is 9.90. The molecular weight excluding hydrogens is 234 g/mol. The van der Waals surface area contributed by atoms with E-state index in [1.807, 2.05) is 42.5 Å². The first-order chi connectivity index (χ1) is 6.84. The number of hydrogen-bond acceptors (Lipinski definition) is 3. The van der Waals surface area contributed by atoms with Gasteiger partial charge in [0.25, 0.3) is 0 Å². The van der Waals surface area contributed by atoms with Crippen molar-refractivity contribution in [2.24, 2.45) is 0 Å². The van der Waals surface area contributed by atoms with Crippen molar-refractivity contribution in [2.45, 2.75) is 4.21 Å². The van der Waals surface area contributed by atoms with Gasteiger partial charge in [-0.3, -0.25) is 0 Å². The standard InChI is InChI=1S/C10H8ClNS2/c11-9-6-7-10(13-9)14-12-8-4-2-1-3-5-8/h1-7,12H. The molecule has 0 fully saturated rings. The van der Waals surface area contributed by atoms with E-state index in [9.17, 15) is 0 Å². The van der Waals surface area contributed by atoms with Gasteiger partial charge in [-0.25, -0.2) is 0 Å².